The zero-order valence-electron chi connectivity index (χ0n) is 6.10. The van der Waals surface area contributed by atoms with Crippen LogP contribution in [0, 0.1) is 3.57 Å². The maximum atomic E-state index is 11.1. The predicted octanol–water partition coefficient (Wildman–Crippen LogP) is 0.999. The van der Waals surface area contributed by atoms with Crippen molar-refractivity contribution in [2.45, 2.75) is 13.0 Å². The molecule has 11 heavy (non-hydrogen) atoms. The molecule has 0 spiro atoms. The molecule has 0 fully saturated rings. The van der Waals surface area contributed by atoms with Gasteiger partial charge in [0.1, 0.15) is 0 Å². The number of pyridine rings is 1. The summed E-state index contributed by atoms with van der Waals surface area (Å²) in [6.07, 6.45) is 1.66. The van der Waals surface area contributed by atoms with E-state index >= 15 is 0 Å². The van der Waals surface area contributed by atoms with Crippen molar-refractivity contribution in [2.75, 3.05) is 0 Å². The van der Waals surface area contributed by atoms with Crippen molar-refractivity contribution < 1.29 is 0 Å². The predicted molar refractivity (Wildman–Crippen MR) is 52.4 cm³/mol. The van der Waals surface area contributed by atoms with E-state index in [1.54, 1.807) is 19.2 Å². The van der Waals surface area contributed by atoms with Crippen molar-refractivity contribution >= 4 is 22.6 Å². The van der Waals surface area contributed by atoms with Gasteiger partial charge in [-0.1, -0.05) is 0 Å². The molecule has 0 bridgehead atoms. The first-order valence-corrected chi connectivity index (χ1v) is 4.33. The fourth-order valence-corrected chi connectivity index (χ4v) is 1.30. The van der Waals surface area contributed by atoms with E-state index in [0.29, 0.717) is 5.56 Å². The third kappa shape index (κ3) is 2.03. The summed E-state index contributed by atoms with van der Waals surface area (Å²) in [5.74, 6) is 0. The summed E-state index contributed by atoms with van der Waals surface area (Å²) < 4.78 is 0.995. The topological polar surface area (TPSA) is 58.9 Å². The molecular weight excluding hydrogens is 255 g/mol. The normalized spacial score (nSPS) is 13.0. The molecule has 0 aliphatic carbocycles. The van der Waals surface area contributed by atoms with Crippen LogP contribution in [0.15, 0.2) is 17.1 Å². The number of rotatable bonds is 1. The summed E-state index contributed by atoms with van der Waals surface area (Å²) in [6.45, 7) is 1.79. The first-order chi connectivity index (χ1) is 5.11. The van der Waals surface area contributed by atoms with E-state index in [-0.39, 0.29) is 11.6 Å². The molecule has 3 nitrogen and oxygen atoms in total. The van der Waals surface area contributed by atoms with E-state index in [0.717, 1.165) is 3.57 Å². The Labute approximate surface area is 78.1 Å². The largest absolute Gasteiger partial charge is 0.328 e. The molecule has 1 atom stereocenters. The van der Waals surface area contributed by atoms with Crippen LogP contribution in [0.4, 0.5) is 0 Å². The highest BCUT2D eigenvalue weighted by Crippen LogP contribution is 2.07. The molecule has 0 unspecified atom stereocenters. The van der Waals surface area contributed by atoms with Gasteiger partial charge in [0, 0.05) is 21.4 Å². The smallest absolute Gasteiger partial charge is 0.252 e. The fraction of sp³-hybridized carbons (Fsp3) is 0.286. The van der Waals surface area contributed by atoms with Crippen molar-refractivity contribution in [2.24, 2.45) is 5.73 Å². The molecule has 1 aromatic rings. The van der Waals surface area contributed by atoms with Crippen molar-refractivity contribution in [3.63, 3.8) is 0 Å². The third-order valence-electron chi connectivity index (χ3n) is 1.39. The first kappa shape index (κ1) is 8.73. The molecule has 0 saturated carbocycles. The van der Waals surface area contributed by atoms with E-state index in [2.05, 4.69) is 27.6 Å². The Balaban J connectivity index is 3.24. The lowest BCUT2D eigenvalue weighted by molar-refractivity contribution is 0.798. The monoisotopic (exact) mass is 264 g/mol. The maximum Gasteiger partial charge on any atom is 0.252 e. The van der Waals surface area contributed by atoms with Gasteiger partial charge in [0.25, 0.3) is 5.56 Å². The van der Waals surface area contributed by atoms with Crippen LogP contribution in [-0.2, 0) is 0 Å². The lowest BCUT2D eigenvalue weighted by Gasteiger charge is -2.02. The number of aromatic nitrogens is 1. The van der Waals surface area contributed by atoms with Crippen LogP contribution in [-0.4, -0.2) is 4.98 Å². The van der Waals surface area contributed by atoms with E-state index in [9.17, 15) is 4.79 Å². The Kier molecular flexibility index (Phi) is 2.67. The van der Waals surface area contributed by atoms with Crippen LogP contribution in [0.3, 0.4) is 0 Å². The molecule has 0 saturated heterocycles. The fourth-order valence-electron chi connectivity index (χ4n) is 0.812. The number of nitrogens with one attached hydrogen (secondary N) is 1. The molecule has 0 aliphatic rings. The Hall–Kier alpha value is -0.360. The van der Waals surface area contributed by atoms with E-state index in [1.807, 2.05) is 0 Å². The standard InChI is InChI=1S/C7H9IN2O/c1-4(9)6-2-5(8)3-10-7(6)11/h2-4H,9H2,1H3,(H,10,11)/t4-/m0/s1. The molecule has 4 heteroatoms. The molecule has 1 aromatic heterocycles. The van der Waals surface area contributed by atoms with Gasteiger partial charge in [-0.2, -0.15) is 0 Å². The van der Waals surface area contributed by atoms with Gasteiger partial charge in [0.15, 0.2) is 0 Å². The minimum atomic E-state index is -0.200. The average Bonchev–Trinajstić information content (AvgIpc) is 1.94. The summed E-state index contributed by atoms with van der Waals surface area (Å²) in [7, 11) is 0. The first-order valence-electron chi connectivity index (χ1n) is 3.25. The number of H-pyrrole nitrogens is 1. The number of halogens is 1. The summed E-state index contributed by atoms with van der Waals surface area (Å²) >= 11 is 2.13. The molecule has 0 aliphatic heterocycles. The molecule has 60 valence electrons. The van der Waals surface area contributed by atoms with Gasteiger partial charge >= 0.3 is 0 Å². The highest BCUT2D eigenvalue weighted by Gasteiger charge is 2.04. The molecule has 0 amide bonds. The van der Waals surface area contributed by atoms with Gasteiger partial charge in [-0.25, -0.2) is 0 Å². The highest BCUT2D eigenvalue weighted by molar-refractivity contribution is 14.1. The van der Waals surface area contributed by atoms with E-state index in [1.165, 1.54) is 0 Å². The second-order valence-electron chi connectivity index (χ2n) is 2.39. The third-order valence-corrected chi connectivity index (χ3v) is 2.01. The Morgan fingerprint density at radius 1 is 1.73 bits per heavy atom. The molecule has 0 radical (unpaired) electrons. The lowest BCUT2D eigenvalue weighted by atomic mass is 10.1. The Bertz CT molecular complexity index is 306. The summed E-state index contributed by atoms with van der Waals surface area (Å²) in [5, 5.41) is 0. The molecular formula is C7H9IN2O. The minimum Gasteiger partial charge on any atom is -0.328 e. The average molecular weight is 264 g/mol. The van der Waals surface area contributed by atoms with Crippen LogP contribution in [0.25, 0.3) is 0 Å². The minimum absolute atomic E-state index is 0.0968. The molecule has 1 rings (SSSR count). The molecule has 0 aromatic carbocycles. The van der Waals surface area contributed by atoms with E-state index in [4.69, 9.17) is 5.73 Å². The zero-order chi connectivity index (χ0) is 8.43. The van der Waals surface area contributed by atoms with Gasteiger partial charge in [-0.3, -0.25) is 4.79 Å². The summed E-state index contributed by atoms with van der Waals surface area (Å²) in [4.78, 5) is 13.7. The van der Waals surface area contributed by atoms with Gasteiger partial charge in [0.2, 0.25) is 0 Å². The second kappa shape index (κ2) is 3.36. The van der Waals surface area contributed by atoms with Crippen molar-refractivity contribution in [1.29, 1.82) is 0 Å². The van der Waals surface area contributed by atoms with Gasteiger partial charge in [-0.15, -0.1) is 0 Å². The number of hydrogen-bond acceptors (Lipinski definition) is 2. The van der Waals surface area contributed by atoms with Crippen LogP contribution in [0.5, 0.6) is 0 Å². The number of aromatic amines is 1. The van der Waals surface area contributed by atoms with Gasteiger partial charge < -0.3 is 10.7 Å². The Morgan fingerprint density at radius 2 is 2.36 bits per heavy atom. The highest BCUT2D eigenvalue weighted by atomic mass is 127. The Morgan fingerprint density at radius 3 is 2.82 bits per heavy atom. The maximum absolute atomic E-state index is 11.1. The molecule has 3 N–H and O–H groups in total. The van der Waals surface area contributed by atoms with Crippen molar-refractivity contribution in [1.82, 2.24) is 4.98 Å². The van der Waals surface area contributed by atoms with Crippen LogP contribution in [0.2, 0.25) is 0 Å². The zero-order valence-corrected chi connectivity index (χ0v) is 8.25. The van der Waals surface area contributed by atoms with Gasteiger partial charge in [0.05, 0.1) is 0 Å². The quantitative estimate of drug-likeness (QED) is 0.743. The van der Waals surface area contributed by atoms with Crippen LogP contribution in [0.1, 0.15) is 18.5 Å². The van der Waals surface area contributed by atoms with Crippen molar-refractivity contribution in [3.05, 3.63) is 31.8 Å². The van der Waals surface area contributed by atoms with Crippen LogP contribution < -0.4 is 11.3 Å². The van der Waals surface area contributed by atoms with E-state index < -0.39 is 0 Å². The van der Waals surface area contributed by atoms with Gasteiger partial charge in [-0.05, 0) is 35.6 Å². The van der Waals surface area contributed by atoms with Crippen molar-refractivity contribution in [3.8, 4) is 0 Å². The molecule has 1 heterocycles. The SMILES string of the molecule is C[C@H](N)c1cc(I)c[nH]c1=O. The van der Waals surface area contributed by atoms with Crippen LogP contribution >= 0.6 is 22.6 Å². The summed E-state index contributed by atoms with van der Waals surface area (Å²) in [5.41, 5.74) is 6.10. The summed E-state index contributed by atoms with van der Waals surface area (Å²) in [6, 6.07) is 1.60. The number of nitrogens with two attached hydrogens (primary N) is 1. The second-order valence-corrected chi connectivity index (χ2v) is 3.64. The number of hydrogen-bond donors (Lipinski definition) is 2. The lowest BCUT2D eigenvalue weighted by Crippen LogP contribution is -2.19.